The van der Waals surface area contributed by atoms with Crippen LogP contribution in [-0.4, -0.2) is 16.6 Å². The molecule has 3 heteroatoms. The van der Waals surface area contributed by atoms with Gasteiger partial charge in [0, 0.05) is 10.9 Å². The Morgan fingerprint density at radius 2 is 1.89 bits per heavy atom. The molecule has 0 spiro atoms. The molecule has 0 aliphatic rings. The molecule has 0 saturated carbocycles. The first-order chi connectivity index (χ1) is 8.94. The molecule has 1 amide bonds. The van der Waals surface area contributed by atoms with Crippen LogP contribution in [-0.2, 0) is 0 Å². The fourth-order valence-electron chi connectivity index (χ4n) is 1.90. The van der Waals surface area contributed by atoms with Crippen LogP contribution in [0.3, 0.4) is 0 Å². The van der Waals surface area contributed by atoms with Crippen molar-refractivity contribution in [1.82, 2.24) is 5.32 Å². The molecule has 0 aliphatic carbocycles. The Labute approximate surface area is 113 Å². The van der Waals surface area contributed by atoms with Crippen molar-refractivity contribution in [3.05, 3.63) is 42.0 Å². The van der Waals surface area contributed by atoms with Crippen LogP contribution in [0.2, 0.25) is 0 Å². The maximum Gasteiger partial charge on any atom is 0.255 e. The summed E-state index contributed by atoms with van der Waals surface area (Å²) in [5.41, 5.74) is 0.0371. The van der Waals surface area contributed by atoms with Gasteiger partial charge in [-0.25, -0.2) is 0 Å². The van der Waals surface area contributed by atoms with Gasteiger partial charge in [0.25, 0.3) is 5.91 Å². The van der Waals surface area contributed by atoms with Gasteiger partial charge >= 0.3 is 0 Å². The van der Waals surface area contributed by atoms with Gasteiger partial charge in [0.1, 0.15) is 5.75 Å². The number of nitrogens with one attached hydrogen (secondary N) is 1. The zero-order valence-corrected chi connectivity index (χ0v) is 11.5. The second-order valence-corrected chi connectivity index (χ2v) is 5.37. The summed E-state index contributed by atoms with van der Waals surface area (Å²) < 4.78 is 0. The third kappa shape index (κ3) is 2.70. The molecule has 0 saturated heterocycles. The van der Waals surface area contributed by atoms with Crippen LogP contribution < -0.4 is 5.32 Å². The van der Waals surface area contributed by atoms with Gasteiger partial charge in [0.2, 0.25) is 0 Å². The molecule has 100 valence electrons. The van der Waals surface area contributed by atoms with Crippen molar-refractivity contribution in [2.45, 2.75) is 32.7 Å². The third-order valence-electron chi connectivity index (χ3n) is 3.48. The van der Waals surface area contributed by atoms with Crippen molar-refractivity contribution in [3.63, 3.8) is 0 Å². The van der Waals surface area contributed by atoms with Gasteiger partial charge in [-0.15, -0.1) is 0 Å². The molecule has 2 N–H and O–H groups in total. The summed E-state index contributed by atoms with van der Waals surface area (Å²) in [6, 6.07) is 11.0. The summed E-state index contributed by atoms with van der Waals surface area (Å²) in [4.78, 5) is 12.2. The molecule has 0 unspecified atom stereocenters. The van der Waals surface area contributed by atoms with Gasteiger partial charge in [0.05, 0.1) is 5.56 Å². The summed E-state index contributed by atoms with van der Waals surface area (Å²) in [7, 11) is 0. The lowest BCUT2D eigenvalue weighted by atomic mass is 10.00. The summed E-state index contributed by atoms with van der Waals surface area (Å²) in [5.74, 6) is -0.197. The number of carbonyl (C=O) groups excluding carboxylic acids is 1. The number of amides is 1. The third-order valence-corrected chi connectivity index (χ3v) is 3.48. The van der Waals surface area contributed by atoms with Crippen molar-refractivity contribution < 1.29 is 9.90 Å². The van der Waals surface area contributed by atoms with E-state index in [1.165, 1.54) is 0 Å². The lowest BCUT2D eigenvalue weighted by Gasteiger charge is -2.24. The molecule has 0 radical (unpaired) electrons. The van der Waals surface area contributed by atoms with Crippen LogP contribution in [0, 0.1) is 0 Å². The molecule has 0 aliphatic heterocycles. The molecule has 3 nitrogen and oxygen atoms in total. The first kappa shape index (κ1) is 13.4. The number of hydrogen-bond donors (Lipinski definition) is 2. The molecular weight excluding hydrogens is 238 g/mol. The minimum absolute atomic E-state index is 0.0440. The van der Waals surface area contributed by atoms with E-state index in [1.807, 2.05) is 51.1 Å². The molecular formula is C16H19NO2. The molecule has 2 aromatic carbocycles. The average Bonchev–Trinajstić information content (AvgIpc) is 2.39. The van der Waals surface area contributed by atoms with Crippen molar-refractivity contribution in [3.8, 4) is 5.75 Å². The SMILES string of the molecule is CCC(C)(C)NC(=O)c1ccc2ccccc2c1O. The summed E-state index contributed by atoms with van der Waals surface area (Å²) in [5, 5.41) is 14.8. The van der Waals surface area contributed by atoms with Crippen LogP contribution in [0.25, 0.3) is 10.8 Å². The van der Waals surface area contributed by atoms with Crippen LogP contribution in [0.15, 0.2) is 36.4 Å². The van der Waals surface area contributed by atoms with Crippen molar-refractivity contribution in [1.29, 1.82) is 0 Å². The zero-order chi connectivity index (χ0) is 14.0. The monoisotopic (exact) mass is 257 g/mol. The van der Waals surface area contributed by atoms with Gasteiger partial charge in [0.15, 0.2) is 0 Å². The largest absolute Gasteiger partial charge is 0.506 e. The number of rotatable bonds is 3. The number of fused-ring (bicyclic) bond motifs is 1. The van der Waals surface area contributed by atoms with E-state index >= 15 is 0 Å². The number of benzene rings is 2. The van der Waals surface area contributed by atoms with Crippen molar-refractivity contribution in [2.75, 3.05) is 0 Å². The second-order valence-electron chi connectivity index (χ2n) is 5.37. The van der Waals surface area contributed by atoms with E-state index in [0.717, 1.165) is 11.8 Å². The molecule has 0 bridgehead atoms. The van der Waals surface area contributed by atoms with Gasteiger partial charge in [-0.05, 0) is 31.7 Å². The van der Waals surface area contributed by atoms with Gasteiger partial charge in [-0.1, -0.05) is 37.3 Å². The van der Waals surface area contributed by atoms with Crippen LogP contribution in [0.5, 0.6) is 5.75 Å². The fourth-order valence-corrected chi connectivity index (χ4v) is 1.90. The molecule has 0 heterocycles. The van der Waals surface area contributed by atoms with Crippen LogP contribution in [0.1, 0.15) is 37.6 Å². The van der Waals surface area contributed by atoms with Crippen LogP contribution in [0.4, 0.5) is 0 Å². The molecule has 19 heavy (non-hydrogen) atoms. The van der Waals surface area contributed by atoms with E-state index in [9.17, 15) is 9.90 Å². The second kappa shape index (κ2) is 4.92. The Morgan fingerprint density at radius 1 is 1.21 bits per heavy atom. The van der Waals surface area contributed by atoms with E-state index in [0.29, 0.717) is 10.9 Å². The lowest BCUT2D eigenvalue weighted by molar-refractivity contribution is 0.0909. The number of phenols is 1. The predicted molar refractivity (Wildman–Crippen MR) is 77.4 cm³/mol. The minimum Gasteiger partial charge on any atom is -0.506 e. The minimum atomic E-state index is -0.283. The van der Waals surface area contributed by atoms with E-state index in [2.05, 4.69) is 5.32 Å². The van der Waals surface area contributed by atoms with Crippen LogP contribution >= 0.6 is 0 Å². The first-order valence-electron chi connectivity index (χ1n) is 6.48. The lowest BCUT2D eigenvalue weighted by Crippen LogP contribution is -2.42. The Kier molecular flexibility index (Phi) is 3.47. The van der Waals surface area contributed by atoms with E-state index in [4.69, 9.17) is 0 Å². The predicted octanol–water partition coefficient (Wildman–Crippen LogP) is 3.46. The highest BCUT2D eigenvalue weighted by Crippen LogP contribution is 2.28. The molecule has 0 fully saturated rings. The van der Waals surface area contributed by atoms with Crippen molar-refractivity contribution >= 4 is 16.7 Å². The number of carbonyl (C=O) groups is 1. The number of phenolic OH excluding ortho intramolecular Hbond substituents is 1. The normalized spacial score (nSPS) is 11.5. The quantitative estimate of drug-likeness (QED) is 0.884. The highest BCUT2D eigenvalue weighted by Gasteiger charge is 2.21. The van der Waals surface area contributed by atoms with E-state index in [1.54, 1.807) is 6.07 Å². The Balaban J connectivity index is 2.41. The molecule has 0 atom stereocenters. The summed E-state index contributed by atoms with van der Waals surface area (Å²) >= 11 is 0. The van der Waals surface area contributed by atoms with Gasteiger partial charge in [-0.2, -0.15) is 0 Å². The fraction of sp³-hybridized carbons (Fsp3) is 0.312. The maximum atomic E-state index is 12.2. The zero-order valence-electron chi connectivity index (χ0n) is 11.5. The summed E-state index contributed by atoms with van der Waals surface area (Å²) in [6.07, 6.45) is 0.826. The number of hydrogen-bond acceptors (Lipinski definition) is 2. The molecule has 0 aromatic heterocycles. The Morgan fingerprint density at radius 3 is 2.58 bits per heavy atom. The Hall–Kier alpha value is -2.03. The first-order valence-corrected chi connectivity index (χ1v) is 6.48. The average molecular weight is 257 g/mol. The highest BCUT2D eigenvalue weighted by molar-refractivity contribution is 6.03. The smallest absolute Gasteiger partial charge is 0.255 e. The topological polar surface area (TPSA) is 49.3 Å². The van der Waals surface area contributed by atoms with E-state index < -0.39 is 0 Å². The van der Waals surface area contributed by atoms with Gasteiger partial charge < -0.3 is 10.4 Å². The van der Waals surface area contributed by atoms with E-state index in [-0.39, 0.29) is 17.2 Å². The standard InChI is InChI=1S/C16H19NO2/c1-4-16(2,3)17-15(19)13-10-9-11-7-5-6-8-12(11)14(13)18/h5-10,18H,4H2,1-3H3,(H,17,19). The Bertz CT molecular complexity index is 617. The van der Waals surface area contributed by atoms with Crippen molar-refractivity contribution in [2.24, 2.45) is 0 Å². The van der Waals surface area contributed by atoms with Gasteiger partial charge in [-0.3, -0.25) is 4.79 Å². The highest BCUT2D eigenvalue weighted by atomic mass is 16.3. The number of aromatic hydroxyl groups is 1. The maximum absolute atomic E-state index is 12.2. The molecule has 2 rings (SSSR count). The summed E-state index contributed by atoms with van der Waals surface area (Å²) in [6.45, 7) is 5.94. The molecule has 2 aromatic rings.